The monoisotopic (exact) mass is 297 g/mol. The third-order valence-electron chi connectivity index (χ3n) is 4.05. The van der Waals surface area contributed by atoms with E-state index >= 15 is 0 Å². The minimum Gasteiger partial charge on any atom is -0.508 e. The second-order valence-corrected chi connectivity index (χ2v) is 5.39. The quantitative estimate of drug-likeness (QED) is 0.755. The number of carbonyl (C=O) groups excluding carboxylic acids is 3. The lowest BCUT2D eigenvalue weighted by molar-refractivity contribution is -0.134. The lowest BCUT2D eigenvalue weighted by Crippen LogP contribution is -2.53. The van der Waals surface area contributed by atoms with Crippen molar-refractivity contribution >= 4 is 34.2 Å². The summed E-state index contributed by atoms with van der Waals surface area (Å²) in [5.74, 6) is -1.21. The van der Waals surface area contributed by atoms with E-state index in [1.807, 2.05) is 0 Å². The number of benzene rings is 1. The number of aromatic hydroxyl groups is 1. The average Bonchev–Trinajstić information content (AvgIpc) is 2.74. The topological polar surface area (TPSA) is 99.6 Å². The Labute approximate surface area is 124 Å². The summed E-state index contributed by atoms with van der Waals surface area (Å²) in [5.41, 5.74) is 0.879. The van der Waals surface area contributed by atoms with Gasteiger partial charge in [-0.25, -0.2) is 0 Å². The van der Waals surface area contributed by atoms with Gasteiger partial charge in [-0.15, -0.1) is 0 Å². The van der Waals surface area contributed by atoms with E-state index in [0.29, 0.717) is 22.0 Å². The van der Waals surface area contributed by atoms with Gasteiger partial charge in [-0.2, -0.15) is 0 Å². The van der Waals surface area contributed by atoms with Crippen LogP contribution in [0.25, 0.3) is 10.8 Å². The molecule has 110 valence electrons. The van der Waals surface area contributed by atoms with Gasteiger partial charge in [-0.3, -0.25) is 29.6 Å². The van der Waals surface area contributed by atoms with Crippen molar-refractivity contribution in [3.8, 4) is 5.75 Å². The summed E-state index contributed by atoms with van der Waals surface area (Å²) < 4.78 is 0. The molecule has 2 aliphatic heterocycles. The van der Waals surface area contributed by atoms with Crippen LogP contribution in [-0.4, -0.2) is 33.9 Å². The van der Waals surface area contributed by atoms with Gasteiger partial charge in [-0.05, 0) is 18.6 Å². The number of nitrogens with zero attached hydrogens (tertiary/aromatic N) is 2. The molecule has 7 nitrogen and oxygen atoms in total. The molecule has 1 saturated heterocycles. The lowest BCUT2D eigenvalue weighted by Gasteiger charge is -2.29. The number of imide groups is 1. The Morgan fingerprint density at radius 1 is 1.23 bits per heavy atom. The number of aromatic nitrogens is 1. The largest absolute Gasteiger partial charge is 0.508 e. The minimum atomic E-state index is -0.743. The predicted octanol–water partition coefficient (Wildman–Crippen LogP) is 0.706. The van der Waals surface area contributed by atoms with Crippen LogP contribution in [0.4, 0.5) is 5.69 Å². The Balaban J connectivity index is 1.88. The van der Waals surface area contributed by atoms with Crippen LogP contribution >= 0.6 is 0 Å². The normalized spacial score (nSPS) is 20.6. The summed E-state index contributed by atoms with van der Waals surface area (Å²) in [5, 5.41) is 13.3. The van der Waals surface area contributed by atoms with Gasteiger partial charge in [0.15, 0.2) is 0 Å². The number of piperidine rings is 1. The van der Waals surface area contributed by atoms with Crippen molar-refractivity contribution in [3.63, 3.8) is 0 Å². The number of pyridine rings is 1. The van der Waals surface area contributed by atoms with Gasteiger partial charge in [0.2, 0.25) is 11.8 Å². The number of nitrogens with one attached hydrogen (secondary N) is 1. The van der Waals surface area contributed by atoms with Gasteiger partial charge in [0.1, 0.15) is 11.8 Å². The number of amides is 3. The van der Waals surface area contributed by atoms with Gasteiger partial charge in [-0.1, -0.05) is 0 Å². The van der Waals surface area contributed by atoms with E-state index in [2.05, 4.69) is 10.3 Å². The molecule has 2 N–H and O–H groups in total. The summed E-state index contributed by atoms with van der Waals surface area (Å²) >= 11 is 0. The molecule has 1 fully saturated rings. The van der Waals surface area contributed by atoms with Crippen molar-refractivity contribution in [1.82, 2.24) is 10.3 Å². The first-order valence-corrected chi connectivity index (χ1v) is 6.84. The SMILES string of the molecule is O=C1CCC(N2C(=O)c3cc(O)cc4cncc2c34)C(=O)N1. The average molecular weight is 297 g/mol. The summed E-state index contributed by atoms with van der Waals surface area (Å²) in [7, 11) is 0. The van der Waals surface area contributed by atoms with Crippen LogP contribution in [0.3, 0.4) is 0 Å². The van der Waals surface area contributed by atoms with Crippen molar-refractivity contribution in [2.75, 3.05) is 4.90 Å². The summed E-state index contributed by atoms with van der Waals surface area (Å²) in [6.07, 6.45) is 3.54. The van der Waals surface area contributed by atoms with Crippen molar-refractivity contribution in [2.24, 2.45) is 0 Å². The van der Waals surface area contributed by atoms with Gasteiger partial charge >= 0.3 is 0 Å². The first-order valence-electron chi connectivity index (χ1n) is 6.84. The third kappa shape index (κ3) is 1.62. The maximum atomic E-state index is 12.7. The van der Waals surface area contributed by atoms with Gasteiger partial charge in [0, 0.05) is 23.4 Å². The molecule has 4 rings (SSSR count). The molecule has 1 unspecified atom stereocenters. The van der Waals surface area contributed by atoms with E-state index in [0.717, 1.165) is 0 Å². The van der Waals surface area contributed by atoms with Crippen LogP contribution in [-0.2, 0) is 9.59 Å². The fraction of sp³-hybridized carbons (Fsp3) is 0.200. The molecule has 1 aromatic heterocycles. The Morgan fingerprint density at radius 3 is 2.82 bits per heavy atom. The Kier molecular flexibility index (Phi) is 2.47. The maximum Gasteiger partial charge on any atom is 0.259 e. The molecule has 0 radical (unpaired) electrons. The van der Waals surface area contributed by atoms with Crippen molar-refractivity contribution in [2.45, 2.75) is 18.9 Å². The zero-order valence-corrected chi connectivity index (χ0v) is 11.4. The number of hydrogen-bond donors (Lipinski definition) is 2. The highest BCUT2D eigenvalue weighted by Crippen LogP contribution is 2.40. The molecule has 7 heteroatoms. The maximum absolute atomic E-state index is 12.7. The van der Waals surface area contributed by atoms with E-state index in [1.165, 1.54) is 23.2 Å². The van der Waals surface area contributed by atoms with Crippen molar-refractivity contribution in [1.29, 1.82) is 0 Å². The van der Waals surface area contributed by atoms with Gasteiger partial charge in [0.05, 0.1) is 17.4 Å². The number of carbonyl (C=O) groups is 3. The van der Waals surface area contributed by atoms with Crippen LogP contribution in [0.1, 0.15) is 23.2 Å². The molecule has 0 bridgehead atoms. The zero-order chi connectivity index (χ0) is 15.4. The van der Waals surface area contributed by atoms with Crippen molar-refractivity contribution < 1.29 is 19.5 Å². The third-order valence-corrected chi connectivity index (χ3v) is 4.05. The number of phenolic OH excluding ortho intramolecular Hbond substituents is 1. The molecule has 0 aliphatic carbocycles. The Hall–Kier alpha value is -2.96. The highest BCUT2D eigenvalue weighted by molar-refractivity contribution is 6.27. The number of phenols is 1. The van der Waals surface area contributed by atoms with E-state index in [9.17, 15) is 19.5 Å². The van der Waals surface area contributed by atoms with Crippen LogP contribution < -0.4 is 10.2 Å². The molecule has 3 amide bonds. The van der Waals surface area contributed by atoms with E-state index in [-0.39, 0.29) is 30.4 Å². The zero-order valence-electron chi connectivity index (χ0n) is 11.4. The first kappa shape index (κ1) is 12.8. The van der Waals surface area contributed by atoms with Gasteiger partial charge in [0.25, 0.3) is 5.91 Å². The Morgan fingerprint density at radius 2 is 2.05 bits per heavy atom. The highest BCUT2D eigenvalue weighted by atomic mass is 16.3. The molecule has 22 heavy (non-hydrogen) atoms. The second kappa shape index (κ2) is 4.27. The van der Waals surface area contributed by atoms with Gasteiger partial charge < -0.3 is 5.11 Å². The molecular weight excluding hydrogens is 286 g/mol. The molecule has 0 spiro atoms. The molecule has 0 saturated carbocycles. The molecule has 3 heterocycles. The van der Waals surface area contributed by atoms with Crippen molar-refractivity contribution in [3.05, 3.63) is 30.1 Å². The van der Waals surface area contributed by atoms with E-state index in [1.54, 1.807) is 6.20 Å². The van der Waals surface area contributed by atoms with Crippen LogP contribution in [0.5, 0.6) is 5.75 Å². The summed E-state index contributed by atoms with van der Waals surface area (Å²) in [6, 6.07) is 2.17. The summed E-state index contributed by atoms with van der Waals surface area (Å²) in [4.78, 5) is 41.5. The van der Waals surface area contributed by atoms with Crippen LogP contribution in [0, 0.1) is 0 Å². The number of anilines is 1. The molecule has 1 atom stereocenters. The molecule has 2 aliphatic rings. The minimum absolute atomic E-state index is 0.0278. The highest BCUT2D eigenvalue weighted by Gasteiger charge is 2.41. The smallest absolute Gasteiger partial charge is 0.259 e. The van der Waals surface area contributed by atoms with Crippen LogP contribution in [0.15, 0.2) is 24.5 Å². The second-order valence-electron chi connectivity index (χ2n) is 5.39. The first-order chi connectivity index (χ1) is 10.6. The fourth-order valence-electron chi connectivity index (χ4n) is 3.12. The molecule has 2 aromatic rings. The molecule has 1 aromatic carbocycles. The summed E-state index contributed by atoms with van der Waals surface area (Å²) in [6.45, 7) is 0. The Bertz CT molecular complexity index is 861. The van der Waals surface area contributed by atoms with E-state index in [4.69, 9.17) is 0 Å². The lowest BCUT2D eigenvalue weighted by atomic mass is 10.0. The number of rotatable bonds is 1. The predicted molar refractivity (Wildman–Crippen MR) is 76.4 cm³/mol. The van der Waals surface area contributed by atoms with E-state index < -0.39 is 11.9 Å². The van der Waals surface area contributed by atoms with Crippen LogP contribution in [0.2, 0.25) is 0 Å². The fourth-order valence-corrected chi connectivity index (χ4v) is 3.12. The standard InChI is InChI=1S/C15H11N3O4/c19-8-3-7-5-16-6-11-13(7)9(4-8)15(22)18(11)10-1-2-12(20)17-14(10)21/h3-6,10,19H,1-2H2,(H,17,20,21). The number of hydrogen-bond acceptors (Lipinski definition) is 5. The molecular formula is C15H11N3O4.